The molecule has 0 fully saturated rings. The second-order valence-electron chi connectivity index (χ2n) is 7.01. The van der Waals surface area contributed by atoms with Crippen molar-refractivity contribution >= 4 is 13.8 Å². The van der Waals surface area contributed by atoms with E-state index in [1.165, 1.54) is 0 Å². The maximum Gasteiger partial charge on any atom is 0.469 e. The van der Waals surface area contributed by atoms with E-state index in [4.69, 9.17) is 19.8 Å². The van der Waals surface area contributed by atoms with Gasteiger partial charge in [0.2, 0.25) is 0 Å². The normalized spacial score (nSPS) is 14.6. The van der Waals surface area contributed by atoms with E-state index in [-0.39, 0.29) is 19.1 Å². The second kappa shape index (κ2) is 19.4. The second-order valence-corrected chi connectivity index (χ2v) is 8.25. The summed E-state index contributed by atoms with van der Waals surface area (Å²) in [6, 6.07) is 0. The molecule has 0 heterocycles. The van der Waals surface area contributed by atoms with Crippen molar-refractivity contribution in [2.24, 2.45) is 0 Å². The molecule has 0 aliphatic rings. The summed E-state index contributed by atoms with van der Waals surface area (Å²) in [5.74, 6) is -0.450. The van der Waals surface area contributed by atoms with Crippen molar-refractivity contribution in [1.82, 2.24) is 0 Å². The standard InChI is InChI=1S/C21H37O9P/c1-2-14-20(30-24)15-12-10-8-6-4-3-5-7-9-11-13-16-21(23)28-17-19(22)18-29-31(25,26)27/h2,4,6,10,12,14,19-20,22,24H,3,5,7-9,11,13,15-18H2,1H3,(H2,25,26,27)/t19-,20?/m0/s1. The zero-order chi connectivity index (χ0) is 23.4. The van der Waals surface area contributed by atoms with Gasteiger partial charge in [-0.2, -0.15) is 0 Å². The Labute approximate surface area is 184 Å². The number of allylic oxidation sites excluding steroid dienone is 4. The minimum Gasteiger partial charge on any atom is -0.463 e. The summed E-state index contributed by atoms with van der Waals surface area (Å²) in [6.07, 6.45) is 17.8. The van der Waals surface area contributed by atoms with E-state index in [1.54, 1.807) is 6.08 Å². The smallest absolute Gasteiger partial charge is 0.463 e. The molecule has 0 aliphatic carbocycles. The van der Waals surface area contributed by atoms with Crippen LogP contribution in [0.3, 0.4) is 0 Å². The summed E-state index contributed by atoms with van der Waals surface area (Å²) in [7, 11) is -4.64. The Balaban J connectivity index is 3.55. The van der Waals surface area contributed by atoms with Gasteiger partial charge < -0.3 is 19.6 Å². The summed E-state index contributed by atoms with van der Waals surface area (Å²) >= 11 is 0. The number of aliphatic hydroxyl groups is 1. The fraction of sp³-hybridized carbons (Fsp3) is 0.667. The first-order valence-electron chi connectivity index (χ1n) is 10.5. The summed E-state index contributed by atoms with van der Waals surface area (Å²) in [4.78, 5) is 32.9. The average Bonchev–Trinajstić information content (AvgIpc) is 2.72. The van der Waals surface area contributed by atoms with Crippen molar-refractivity contribution in [1.29, 1.82) is 0 Å². The number of esters is 1. The van der Waals surface area contributed by atoms with Crippen molar-refractivity contribution in [3.63, 3.8) is 0 Å². The number of carbonyl (C=O) groups is 1. The Morgan fingerprint density at radius 2 is 1.68 bits per heavy atom. The van der Waals surface area contributed by atoms with Crippen LogP contribution in [0.4, 0.5) is 0 Å². The van der Waals surface area contributed by atoms with Gasteiger partial charge >= 0.3 is 13.8 Å². The van der Waals surface area contributed by atoms with Crippen molar-refractivity contribution in [2.45, 2.75) is 76.9 Å². The van der Waals surface area contributed by atoms with Gasteiger partial charge in [-0.1, -0.05) is 55.7 Å². The highest BCUT2D eigenvalue weighted by Gasteiger charge is 2.17. The van der Waals surface area contributed by atoms with Crippen LogP contribution in [-0.2, 0) is 23.5 Å². The molecule has 0 radical (unpaired) electrons. The van der Waals surface area contributed by atoms with Gasteiger partial charge in [0, 0.05) is 6.42 Å². The highest BCUT2D eigenvalue weighted by atomic mass is 31.2. The van der Waals surface area contributed by atoms with E-state index < -0.39 is 26.5 Å². The number of unbranched alkanes of at least 4 members (excludes halogenated alkanes) is 5. The molecule has 0 amide bonds. The maximum atomic E-state index is 11.6. The van der Waals surface area contributed by atoms with E-state index in [1.807, 2.05) is 25.2 Å². The number of ether oxygens (including phenoxy) is 1. The molecule has 0 saturated carbocycles. The molecule has 31 heavy (non-hydrogen) atoms. The molecule has 0 aliphatic heterocycles. The van der Waals surface area contributed by atoms with Gasteiger partial charge in [0.1, 0.15) is 18.8 Å². The van der Waals surface area contributed by atoms with Crippen LogP contribution in [0.2, 0.25) is 0 Å². The third-order valence-corrected chi connectivity index (χ3v) is 4.63. The Bertz CT molecular complexity index is 583. The third kappa shape index (κ3) is 21.7. The average molecular weight is 464 g/mol. The number of phosphoric ester groups is 1. The van der Waals surface area contributed by atoms with E-state index in [0.29, 0.717) is 12.8 Å². The van der Waals surface area contributed by atoms with Crippen molar-refractivity contribution in [3.8, 4) is 0 Å². The van der Waals surface area contributed by atoms with Gasteiger partial charge in [0.15, 0.2) is 0 Å². The molecule has 10 heteroatoms. The molecule has 0 spiro atoms. The maximum absolute atomic E-state index is 11.6. The van der Waals surface area contributed by atoms with Crippen LogP contribution in [0.1, 0.15) is 64.7 Å². The van der Waals surface area contributed by atoms with Crippen molar-refractivity contribution in [2.75, 3.05) is 13.2 Å². The van der Waals surface area contributed by atoms with E-state index in [2.05, 4.69) is 21.6 Å². The van der Waals surface area contributed by atoms with Crippen LogP contribution < -0.4 is 0 Å². The minimum atomic E-state index is -4.64. The first kappa shape index (κ1) is 29.7. The zero-order valence-electron chi connectivity index (χ0n) is 18.2. The Hall–Kier alpha value is -1.32. The fourth-order valence-corrected chi connectivity index (χ4v) is 2.91. The molecule has 0 rings (SSSR count). The molecule has 180 valence electrons. The van der Waals surface area contributed by atoms with Gasteiger partial charge in [0.05, 0.1) is 6.61 Å². The molecule has 2 atom stereocenters. The number of hydrogen-bond acceptors (Lipinski definition) is 7. The van der Waals surface area contributed by atoms with Crippen LogP contribution in [0, 0.1) is 0 Å². The topological polar surface area (TPSA) is 143 Å². The number of rotatable bonds is 19. The summed E-state index contributed by atoms with van der Waals surface area (Å²) < 4.78 is 19.5. The number of phosphoric acid groups is 1. The lowest BCUT2D eigenvalue weighted by Gasteiger charge is -2.12. The molecule has 4 N–H and O–H groups in total. The van der Waals surface area contributed by atoms with Gasteiger partial charge in [-0.05, 0) is 39.0 Å². The number of hydrogen-bond donors (Lipinski definition) is 4. The van der Waals surface area contributed by atoms with Gasteiger partial charge in [0.25, 0.3) is 0 Å². The molecule has 0 aromatic rings. The lowest BCUT2D eigenvalue weighted by atomic mass is 10.1. The van der Waals surface area contributed by atoms with Gasteiger partial charge in [-0.3, -0.25) is 14.6 Å². The largest absolute Gasteiger partial charge is 0.469 e. The van der Waals surface area contributed by atoms with E-state index in [9.17, 15) is 14.5 Å². The quantitative estimate of drug-likeness (QED) is 0.0556. The molecule has 0 bridgehead atoms. The van der Waals surface area contributed by atoms with Crippen LogP contribution >= 0.6 is 7.82 Å². The number of aliphatic hydroxyl groups excluding tert-OH is 1. The summed E-state index contributed by atoms with van der Waals surface area (Å²) in [5.41, 5.74) is 0. The lowest BCUT2D eigenvalue weighted by molar-refractivity contribution is -0.264. The Morgan fingerprint density at radius 1 is 1.00 bits per heavy atom. The van der Waals surface area contributed by atoms with E-state index in [0.717, 1.165) is 38.5 Å². The molecule has 9 nitrogen and oxygen atoms in total. The highest BCUT2D eigenvalue weighted by molar-refractivity contribution is 7.46. The molecule has 0 saturated heterocycles. The lowest BCUT2D eigenvalue weighted by Crippen LogP contribution is -2.23. The first-order valence-corrected chi connectivity index (χ1v) is 12.1. The SMILES string of the molecule is CC=CC(CC=CCC=CCCCCCCCC(=O)OC[C@H](O)COP(=O)(O)O)OO. The van der Waals surface area contributed by atoms with Crippen molar-refractivity contribution in [3.05, 3.63) is 36.5 Å². The molecule has 1 unspecified atom stereocenters. The van der Waals surface area contributed by atoms with Gasteiger partial charge in [-0.15, -0.1) is 0 Å². The number of carbonyl (C=O) groups excluding carboxylic acids is 1. The van der Waals surface area contributed by atoms with Gasteiger partial charge in [-0.25, -0.2) is 9.45 Å². The molecule has 0 aromatic heterocycles. The van der Waals surface area contributed by atoms with Crippen LogP contribution in [0.5, 0.6) is 0 Å². The predicted octanol–water partition coefficient (Wildman–Crippen LogP) is 4.06. The van der Waals surface area contributed by atoms with Crippen molar-refractivity contribution < 1.29 is 43.7 Å². The van der Waals surface area contributed by atoms with Crippen LogP contribution in [0.25, 0.3) is 0 Å². The summed E-state index contributed by atoms with van der Waals surface area (Å²) in [6.45, 7) is 0.920. The Morgan fingerprint density at radius 3 is 2.35 bits per heavy atom. The molecular formula is C21H37O9P. The Kier molecular flexibility index (Phi) is 18.5. The fourth-order valence-electron chi connectivity index (χ4n) is 2.55. The van der Waals surface area contributed by atoms with E-state index >= 15 is 0 Å². The molecule has 0 aromatic carbocycles. The summed E-state index contributed by atoms with van der Waals surface area (Å²) in [5, 5.41) is 18.1. The van der Waals surface area contributed by atoms with Crippen LogP contribution in [0.15, 0.2) is 36.5 Å². The monoisotopic (exact) mass is 464 g/mol. The predicted molar refractivity (Wildman–Crippen MR) is 117 cm³/mol. The first-order chi connectivity index (χ1) is 14.8. The highest BCUT2D eigenvalue weighted by Crippen LogP contribution is 2.35. The third-order valence-electron chi connectivity index (χ3n) is 4.14. The minimum absolute atomic E-state index is 0.245. The molecular weight excluding hydrogens is 427 g/mol. The van der Waals surface area contributed by atoms with Crippen LogP contribution in [-0.4, -0.2) is 51.5 Å². The zero-order valence-corrected chi connectivity index (χ0v) is 19.1.